The van der Waals surface area contributed by atoms with Crippen molar-refractivity contribution in [1.29, 1.82) is 0 Å². The first kappa shape index (κ1) is 38.3. The van der Waals surface area contributed by atoms with Crippen molar-refractivity contribution in [1.82, 2.24) is 0 Å². The Hall–Kier alpha value is -4.98. The van der Waals surface area contributed by atoms with Crippen molar-refractivity contribution in [2.24, 2.45) is 0 Å². The molecular formula is C48H55NO6. The molecule has 0 atom stereocenters. The molecule has 8 rings (SSSR count). The van der Waals surface area contributed by atoms with Crippen molar-refractivity contribution in [2.45, 2.75) is 52.4 Å². The Morgan fingerprint density at radius 2 is 0.818 bits per heavy atom. The Morgan fingerprint density at radius 1 is 0.436 bits per heavy atom. The van der Waals surface area contributed by atoms with E-state index in [2.05, 4.69) is 116 Å². The first-order chi connectivity index (χ1) is 27.2. The number of fused-ring (bicyclic) bond motifs is 12. The summed E-state index contributed by atoms with van der Waals surface area (Å²) in [5, 5.41) is 0. The van der Waals surface area contributed by atoms with Crippen LogP contribution in [-0.4, -0.2) is 65.9 Å². The summed E-state index contributed by atoms with van der Waals surface area (Å²) in [7, 11) is 0. The maximum Gasteiger partial charge on any atom is 0.126 e. The molecule has 2 aliphatic heterocycles. The molecule has 0 unspecified atom stereocenters. The van der Waals surface area contributed by atoms with Crippen LogP contribution in [0.15, 0.2) is 103 Å². The van der Waals surface area contributed by atoms with Crippen LogP contribution in [0, 0.1) is 0 Å². The number of rotatable bonds is 7. The Morgan fingerprint density at radius 3 is 1.20 bits per heavy atom. The van der Waals surface area contributed by atoms with Crippen molar-refractivity contribution in [2.75, 3.05) is 70.8 Å². The molecule has 5 aromatic rings. The third-order valence-electron chi connectivity index (χ3n) is 10.2. The van der Waals surface area contributed by atoms with Crippen LogP contribution >= 0.6 is 0 Å². The topological polar surface area (TPSA) is 58.6 Å². The predicted molar refractivity (Wildman–Crippen MR) is 220 cm³/mol. The highest BCUT2D eigenvalue weighted by molar-refractivity contribution is 5.56. The van der Waals surface area contributed by atoms with Crippen LogP contribution in [0.2, 0.25) is 0 Å². The second-order valence-corrected chi connectivity index (χ2v) is 14.3. The first-order valence-electron chi connectivity index (χ1n) is 20.1. The zero-order valence-corrected chi connectivity index (χ0v) is 32.5. The third kappa shape index (κ3) is 9.83. The summed E-state index contributed by atoms with van der Waals surface area (Å²) >= 11 is 0. The van der Waals surface area contributed by atoms with E-state index in [1.165, 1.54) is 0 Å². The smallest absolute Gasteiger partial charge is 0.126 e. The minimum Gasteiger partial charge on any atom is -0.493 e. The summed E-state index contributed by atoms with van der Waals surface area (Å²) in [5.41, 5.74) is 10.2. The van der Waals surface area contributed by atoms with Gasteiger partial charge >= 0.3 is 0 Å². The first-order valence-corrected chi connectivity index (χ1v) is 20.1. The van der Waals surface area contributed by atoms with Gasteiger partial charge in [0.2, 0.25) is 0 Å². The molecule has 0 saturated heterocycles. The second kappa shape index (κ2) is 19.6. The normalized spacial score (nSPS) is 15.3. The molecule has 2 heterocycles. The zero-order chi connectivity index (χ0) is 37.7. The number of hydrogen-bond acceptors (Lipinski definition) is 7. The number of ether oxygens (including phenoxy) is 6. The van der Waals surface area contributed by atoms with Crippen LogP contribution < -0.4 is 23.8 Å². The highest BCUT2D eigenvalue weighted by Crippen LogP contribution is 2.39. The average Bonchev–Trinajstić information content (AvgIpc) is 3.20. The SMILES string of the molecule is CCCOc1c2cccc1Cc1cccc3c1OCCOCCN(c1ccccc1)CCOCCOc1c(cccc1Cc1cccc(c1OCCC)C3)C2. The molecule has 0 amide bonds. The molecule has 0 aromatic heterocycles. The molecule has 7 heteroatoms. The molecule has 1 aliphatic carbocycles. The fourth-order valence-electron chi connectivity index (χ4n) is 7.60. The van der Waals surface area contributed by atoms with Crippen molar-refractivity contribution < 1.29 is 28.4 Å². The summed E-state index contributed by atoms with van der Waals surface area (Å²) in [5.74, 6) is 3.70. The lowest BCUT2D eigenvalue weighted by molar-refractivity contribution is 0.0953. The van der Waals surface area contributed by atoms with Crippen LogP contribution in [-0.2, 0) is 35.2 Å². The zero-order valence-electron chi connectivity index (χ0n) is 32.5. The second-order valence-electron chi connectivity index (χ2n) is 14.3. The van der Waals surface area contributed by atoms with E-state index in [4.69, 9.17) is 28.4 Å². The Balaban J connectivity index is 1.34. The quantitative estimate of drug-likeness (QED) is 0.151. The van der Waals surface area contributed by atoms with Gasteiger partial charge in [-0.25, -0.2) is 0 Å². The largest absolute Gasteiger partial charge is 0.493 e. The molecule has 0 N–H and O–H groups in total. The van der Waals surface area contributed by atoms with Gasteiger partial charge in [0.15, 0.2) is 0 Å². The molecule has 5 aromatic carbocycles. The van der Waals surface area contributed by atoms with Gasteiger partial charge in [-0.1, -0.05) is 105 Å². The van der Waals surface area contributed by atoms with Crippen LogP contribution in [0.25, 0.3) is 0 Å². The fourth-order valence-corrected chi connectivity index (χ4v) is 7.60. The van der Waals surface area contributed by atoms with E-state index in [9.17, 15) is 0 Å². The van der Waals surface area contributed by atoms with Crippen LogP contribution in [0.3, 0.4) is 0 Å². The van der Waals surface area contributed by atoms with Gasteiger partial charge in [-0.05, 0) is 69.5 Å². The van der Waals surface area contributed by atoms with Gasteiger partial charge in [-0.3, -0.25) is 0 Å². The monoisotopic (exact) mass is 741 g/mol. The Kier molecular flexibility index (Phi) is 13.6. The van der Waals surface area contributed by atoms with E-state index in [1.54, 1.807) is 0 Å². The molecule has 10 bridgehead atoms. The van der Waals surface area contributed by atoms with Crippen molar-refractivity contribution >= 4 is 5.69 Å². The molecule has 0 saturated carbocycles. The van der Waals surface area contributed by atoms with Crippen LogP contribution in [0.1, 0.15) is 71.2 Å². The van der Waals surface area contributed by atoms with Gasteiger partial charge in [0, 0.05) is 44.5 Å². The maximum atomic E-state index is 6.77. The molecule has 0 spiro atoms. The summed E-state index contributed by atoms with van der Waals surface area (Å²) in [4.78, 5) is 2.32. The lowest BCUT2D eigenvalue weighted by Gasteiger charge is -2.25. The lowest BCUT2D eigenvalue weighted by Crippen LogP contribution is -2.31. The van der Waals surface area contributed by atoms with E-state index in [0.29, 0.717) is 78.5 Å². The molecule has 7 nitrogen and oxygen atoms in total. The highest BCUT2D eigenvalue weighted by Gasteiger charge is 2.22. The summed E-state index contributed by atoms with van der Waals surface area (Å²) < 4.78 is 39.2. The number of nitrogens with zero attached hydrogens (tertiary/aromatic N) is 1. The number of anilines is 1. The highest BCUT2D eigenvalue weighted by atomic mass is 16.5. The van der Waals surface area contributed by atoms with Crippen LogP contribution in [0.4, 0.5) is 5.69 Å². The Labute approximate surface area is 327 Å². The summed E-state index contributed by atoms with van der Waals surface area (Å²) in [6.45, 7) is 10.1. The maximum absolute atomic E-state index is 6.77. The number of hydrogen-bond donors (Lipinski definition) is 0. The Bertz CT molecular complexity index is 1770. The standard InChI is InChI=1S/C48H55NO6/c1-3-24-52-45-36-12-8-13-37(45)33-41-17-11-19-43-35-39-15-9-14-38(46(39)53-25-4-2)34-42-18-10-16-40(32-36)47(42)54-30-28-50-26-22-49(44-20-6-5-7-21-44)23-27-51-29-31-55-48(41)43/h5-21H,3-4,22-35H2,1-2H3. The van der Waals surface area contributed by atoms with E-state index in [1.807, 2.05) is 6.07 Å². The van der Waals surface area contributed by atoms with E-state index < -0.39 is 0 Å². The molecule has 0 fully saturated rings. The minimum atomic E-state index is 0.439. The van der Waals surface area contributed by atoms with Crippen molar-refractivity contribution in [3.63, 3.8) is 0 Å². The van der Waals surface area contributed by atoms with Gasteiger partial charge in [-0.15, -0.1) is 0 Å². The fraction of sp³-hybridized carbons (Fsp3) is 0.375. The van der Waals surface area contributed by atoms with Crippen molar-refractivity contribution in [3.05, 3.63) is 148 Å². The summed E-state index contributed by atoms with van der Waals surface area (Å²) in [6, 6.07) is 36.6. The molecular weight excluding hydrogens is 687 g/mol. The molecule has 3 aliphatic rings. The van der Waals surface area contributed by atoms with Crippen molar-refractivity contribution in [3.8, 4) is 23.0 Å². The average molecular weight is 742 g/mol. The molecule has 55 heavy (non-hydrogen) atoms. The van der Waals surface area contributed by atoms with Gasteiger partial charge in [0.1, 0.15) is 36.2 Å². The van der Waals surface area contributed by atoms with E-state index >= 15 is 0 Å². The number of benzene rings is 5. The molecule has 0 radical (unpaired) electrons. The van der Waals surface area contributed by atoms with Crippen LogP contribution in [0.5, 0.6) is 23.0 Å². The van der Waals surface area contributed by atoms with Gasteiger partial charge in [0.05, 0.1) is 39.6 Å². The lowest BCUT2D eigenvalue weighted by atomic mass is 9.91. The summed E-state index contributed by atoms with van der Waals surface area (Å²) in [6.07, 6.45) is 4.52. The minimum absolute atomic E-state index is 0.439. The third-order valence-corrected chi connectivity index (χ3v) is 10.2. The predicted octanol–water partition coefficient (Wildman–Crippen LogP) is 9.25. The van der Waals surface area contributed by atoms with E-state index in [0.717, 1.165) is 99.1 Å². The number of para-hydroxylation sites is 5. The van der Waals surface area contributed by atoms with Gasteiger partial charge in [-0.2, -0.15) is 0 Å². The van der Waals surface area contributed by atoms with Gasteiger partial charge < -0.3 is 33.3 Å². The van der Waals surface area contributed by atoms with Gasteiger partial charge in [0.25, 0.3) is 0 Å². The molecule has 288 valence electrons. The van der Waals surface area contributed by atoms with E-state index in [-0.39, 0.29) is 0 Å².